The Labute approximate surface area is 81.6 Å². The van der Waals surface area contributed by atoms with Gasteiger partial charge in [-0.3, -0.25) is 0 Å². The lowest BCUT2D eigenvalue weighted by Gasteiger charge is -2.18. The Bertz CT molecular complexity index is 487. The van der Waals surface area contributed by atoms with Gasteiger partial charge < -0.3 is 5.32 Å². The molecule has 4 nitrogen and oxygen atoms in total. The highest BCUT2D eigenvalue weighted by molar-refractivity contribution is 5.59. The summed E-state index contributed by atoms with van der Waals surface area (Å²) < 4.78 is 1.93. The van der Waals surface area contributed by atoms with Gasteiger partial charge in [0.05, 0.1) is 12.7 Å². The third kappa shape index (κ3) is 1.00. The molecule has 4 heteroatoms. The number of hydrogen-bond acceptors (Lipinski definition) is 3. The molecule has 0 aromatic carbocycles. The topological polar surface area (TPSA) is 42.7 Å². The van der Waals surface area contributed by atoms with Crippen molar-refractivity contribution in [3.63, 3.8) is 0 Å². The van der Waals surface area contributed by atoms with Gasteiger partial charge in [0.15, 0.2) is 0 Å². The van der Waals surface area contributed by atoms with Crippen molar-refractivity contribution < 1.29 is 0 Å². The van der Waals surface area contributed by atoms with Gasteiger partial charge >= 0.3 is 0 Å². The van der Waals surface area contributed by atoms with Crippen LogP contribution in [0.1, 0.15) is 11.3 Å². The van der Waals surface area contributed by atoms with Gasteiger partial charge in [-0.15, -0.1) is 0 Å². The SMILES string of the molecule is Cc1ccc2c(n1)Nc1ccnn1C2. The number of nitrogens with zero attached hydrogens (tertiary/aromatic N) is 3. The molecule has 0 unspecified atom stereocenters. The Hall–Kier alpha value is -1.84. The minimum atomic E-state index is 0.804. The fourth-order valence-corrected chi connectivity index (χ4v) is 1.67. The van der Waals surface area contributed by atoms with Crippen LogP contribution in [0, 0.1) is 6.92 Å². The van der Waals surface area contributed by atoms with Gasteiger partial charge in [-0.05, 0) is 13.0 Å². The number of anilines is 2. The summed E-state index contributed by atoms with van der Waals surface area (Å²) in [4.78, 5) is 4.44. The standard InChI is InChI=1S/C10H10N4/c1-7-2-3-8-6-14-9(4-5-11-14)13-10(8)12-7/h2-5H,6H2,1H3,(H,12,13). The van der Waals surface area contributed by atoms with Crippen LogP contribution in [-0.2, 0) is 6.54 Å². The molecule has 0 fully saturated rings. The first-order chi connectivity index (χ1) is 6.83. The van der Waals surface area contributed by atoms with Gasteiger partial charge in [0.1, 0.15) is 11.6 Å². The van der Waals surface area contributed by atoms with Crippen LogP contribution in [0.5, 0.6) is 0 Å². The first kappa shape index (κ1) is 7.55. The van der Waals surface area contributed by atoms with Crippen LogP contribution in [0.4, 0.5) is 11.6 Å². The third-order valence-electron chi connectivity index (χ3n) is 2.40. The molecule has 0 saturated carbocycles. The highest BCUT2D eigenvalue weighted by Crippen LogP contribution is 2.25. The average Bonchev–Trinajstić information content (AvgIpc) is 2.61. The largest absolute Gasteiger partial charge is 0.325 e. The van der Waals surface area contributed by atoms with E-state index in [1.165, 1.54) is 5.56 Å². The molecule has 14 heavy (non-hydrogen) atoms. The van der Waals surface area contributed by atoms with Crippen molar-refractivity contribution in [2.75, 3.05) is 5.32 Å². The summed E-state index contributed by atoms with van der Waals surface area (Å²) >= 11 is 0. The molecule has 0 radical (unpaired) electrons. The fourth-order valence-electron chi connectivity index (χ4n) is 1.67. The maximum absolute atomic E-state index is 4.44. The number of aromatic nitrogens is 3. The summed E-state index contributed by atoms with van der Waals surface area (Å²) in [5, 5.41) is 7.46. The minimum absolute atomic E-state index is 0.804. The molecular formula is C10H10N4. The van der Waals surface area contributed by atoms with E-state index in [2.05, 4.69) is 21.5 Å². The smallest absolute Gasteiger partial charge is 0.136 e. The summed E-state index contributed by atoms with van der Waals surface area (Å²) in [5.41, 5.74) is 2.22. The molecule has 3 rings (SSSR count). The van der Waals surface area contributed by atoms with Crippen LogP contribution in [0.2, 0.25) is 0 Å². The van der Waals surface area contributed by atoms with Crippen LogP contribution in [0.3, 0.4) is 0 Å². The van der Waals surface area contributed by atoms with Gasteiger partial charge in [0.25, 0.3) is 0 Å². The van der Waals surface area contributed by atoms with Crippen LogP contribution in [-0.4, -0.2) is 14.8 Å². The van der Waals surface area contributed by atoms with Gasteiger partial charge in [-0.1, -0.05) is 6.07 Å². The molecule has 0 amide bonds. The number of rotatable bonds is 0. The quantitative estimate of drug-likeness (QED) is 0.581. The fraction of sp³-hybridized carbons (Fsp3) is 0.200. The lowest BCUT2D eigenvalue weighted by Crippen LogP contribution is -2.14. The van der Waals surface area contributed by atoms with E-state index >= 15 is 0 Å². The molecule has 70 valence electrons. The normalized spacial score (nSPS) is 12.9. The molecule has 1 aliphatic heterocycles. The summed E-state index contributed by atoms with van der Waals surface area (Å²) in [7, 11) is 0. The van der Waals surface area contributed by atoms with Crippen molar-refractivity contribution in [2.45, 2.75) is 13.5 Å². The molecule has 2 aromatic rings. The van der Waals surface area contributed by atoms with E-state index in [9.17, 15) is 0 Å². The maximum atomic E-state index is 4.44. The average molecular weight is 186 g/mol. The van der Waals surface area contributed by atoms with Crippen LogP contribution in [0.15, 0.2) is 24.4 Å². The van der Waals surface area contributed by atoms with Crippen molar-refractivity contribution in [1.82, 2.24) is 14.8 Å². The molecule has 0 saturated heterocycles. The second-order valence-electron chi connectivity index (χ2n) is 3.46. The minimum Gasteiger partial charge on any atom is -0.325 e. The number of nitrogens with one attached hydrogen (secondary N) is 1. The lowest BCUT2D eigenvalue weighted by atomic mass is 10.2. The van der Waals surface area contributed by atoms with Crippen molar-refractivity contribution in [3.05, 3.63) is 35.7 Å². The van der Waals surface area contributed by atoms with E-state index in [4.69, 9.17) is 0 Å². The summed E-state index contributed by atoms with van der Waals surface area (Å²) in [6.45, 7) is 2.80. The molecule has 0 spiro atoms. The predicted molar refractivity (Wildman–Crippen MR) is 53.6 cm³/mol. The summed E-state index contributed by atoms with van der Waals surface area (Å²) in [5.74, 6) is 1.97. The molecular weight excluding hydrogens is 176 g/mol. The van der Waals surface area contributed by atoms with Gasteiger partial charge in [-0.25, -0.2) is 9.67 Å². The molecule has 0 atom stereocenters. The van der Waals surface area contributed by atoms with E-state index in [0.29, 0.717) is 0 Å². The molecule has 0 bridgehead atoms. The molecule has 0 aliphatic carbocycles. The third-order valence-corrected chi connectivity index (χ3v) is 2.40. The predicted octanol–water partition coefficient (Wildman–Crippen LogP) is 1.69. The lowest BCUT2D eigenvalue weighted by molar-refractivity contribution is 0.681. The Morgan fingerprint density at radius 2 is 2.29 bits per heavy atom. The first-order valence-corrected chi connectivity index (χ1v) is 4.58. The second-order valence-corrected chi connectivity index (χ2v) is 3.46. The van der Waals surface area contributed by atoms with Crippen molar-refractivity contribution in [2.24, 2.45) is 0 Å². The summed E-state index contributed by atoms with van der Waals surface area (Å²) in [6.07, 6.45) is 1.79. The summed E-state index contributed by atoms with van der Waals surface area (Å²) in [6, 6.07) is 6.07. The second kappa shape index (κ2) is 2.57. The molecule has 3 heterocycles. The zero-order chi connectivity index (χ0) is 9.54. The highest BCUT2D eigenvalue weighted by Gasteiger charge is 2.14. The van der Waals surface area contributed by atoms with E-state index in [-0.39, 0.29) is 0 Å². The van der Waals surface area contributed by atoms with Crippen LogP contribution in [0.25, 0.3) is 0 Å². The monoisotopic (exact) mass is 186 g/mol. The zero-order valence-corrected chi connectivity index (χ0v) is 7.86. The highest BCUT2D eigenvalue weighted by atomic mass is 15.3. The zero-order valence-electron chi connectivity index (χ0n) is 7.86. The number of hydrogen-bond donors (Lipinski definition) is 1. The van der Waals surface area contributed by atoms with Crippen LogP contribution >= 0.6 is 0 Å². The number of pyridine rings is 1. The first-order valence-electron chi connectivity index (χ1n) is 4.58. The molecule has 1 N–H and O–H groups in total. The van der Waals surface area contributed by atoms with Gasteiger partial charge in [-0.2, -0.15) is 5.10 Å². The van der Waals surface area contributed by atoms with E-state index < -0.39 is 0 Å². The molecule has 2 aromatic heterocycles. The van der Waals surface area contributed by atoms with E-state index in [1.54, 1.807) is 6.20 Å². The van der Waals surface area contributed by atoms with Crippen molar-refractivity contribution in [1.29, 1.82) is 0 Å². The Kier molecular flexibility index (Phi) is 1.39. The van der Waals surface area contributed by atoms with Crippen LogP contribution < -0.4 is 5.32 Å². The Morgan fingerprint density at radius 1 is 1.36 bits per heavy atom. The van der Waals surface area contributed by atoms with Crippen molar-refractivity contribution in [3.8, 4) is 0 Å². The number of fused-ring (bicyclic) bond motifs is 2. The maximum Gasteiger partial charge on any atom is 0.136 e. The van der Waals surface area contributed by atoms with Gasteiger partial charge in [0, 0.05) is 17.3 Å². The van der Waals surface area contributed by atoms with Gasteiger partial charge in [0.2, 0.25) is 0 Å². The Morgan fingerprint density at radius 3 is 3.21 bits per heavy atom. The molecule has 1 aliphatic rings. The van der Waals surface area contributed by atoms with E-state index in [0.717, 1.165) is 23.9 Å². The Balaban J connectivity index is 2.12. The van der Waals surface area contributed by atoms with Crippen molar-refractivity contribution >= 4 is 11.6 Å². The number of aryl methyl sites for hydroxylation is 1. The van der Waals surface area contributed by atoms with E-state index in [1.807, 2.05) is 23.7 Å².